The van der Waals surface area contributed by atoms with E-state index in [9.17, 15) is 9.90 Å². The zero-order valence-electron chi connectivity index (χ0n) is 12.7. The van der Waals surface area contributed by atoms with Crippen LogP contribution in [0.2, 0.25) is 0 Å². The molecule has 23 heavy (non-hydrogen) atoms. The van der Waals surface area contributed by atoms with Gasteiger partial charge in [-0.1, -0.05) is 24.3 Å². The van der Waals surface area contributed by atoms with Gasteiger partial charge in [-0.25, -0.2) is 0 Å². The summed E-state index contributed by atoms with van der Waals surface area (Å²) >= 11 is 0. The molecular weight excluding hydrogens is 292 g/mol. The predicted molar refractivity (Wildman–Crippen MR) is 86.6 cm³/mol. The van der Waals surface area contributed by atoms with Crippen LogP contribution in [-0.4, -0.2) is 35.3 Å². The summed E-state index contributed by atoms with van der Waals surface area (Å²) in [6, 6.07) is 11.1. The number of carbonyl (C=O) groups is 1. The van der Waals surface area contributed by atoms with Crippen molar-refractivity contribution in [2.24, 2.45) is 4.99 Å². The number of hydrogen-bond acceptors (Lipinski definition) is 4. The molecule has 2 aliphatic heterocycles. The van der Waals surface area contributed by atoms with Crippen LogP contribution < -0.4 is 4.74 Å². The fourth-order valence-corrected chi connectivity index (χ4v) is 3.22. The fourth-order valence-electron chi connectivity index (χ4n) is 3.22. The second kappa shape index (κ2) is 5.12. The van der Waals surface area contributed by atoms with Crippen molar-refractivity contribution in [1.82, 2.24) is 4.90 Å². The molecule has 1 unspecified atom stereocenters. The first-order chi connectivity index (χ1) is 11.2. The smallest absolute Gasteiger partial charge is 0.257 e. The van der Waals surface area contributed by atoms with Crippen LogP contribution in [0.1, 0.15) is 21.5 Å². The van der Waals surface area contributed by atoms with Crippen molar-refractivity contribution in [3.63, 3.8) is 0 Å². The molecule has 2 aromatic carbocycles. The molecule has 2 aliphatic rings. The quantitative estimate of drug-likeness (QED) is 0.881. The summed E-state index contributed by atoms with van der Waals surface area (Å²) in [6.45, 7) is 0.564. The molecule has 4 rings (SSSR count). The molecule has 1 atom stereocenters. The van der Waals surface area contributed by atoms with Crippen molar-refractivity contribution in [2.75, 3.05) is 7.11 Å². The molecule has 5 nitrogen and oxygen atoms in total. The van der Waals surface area contributed by atoms with E-state index in [-0.39, 0.29) is 23.4 Å². The van der Waals surface area contributed by atoms with Gasteiger partial charge in [-0.2, -0.15) is 0 Å². The molecule has 1 amide bonds. The van der Waals surface area contributed by atoms with Gasteiger partial charge < -0.3 is 14.7 Å². The molecule has 0 fully saturated rings. The molecule has 0 radical (unpaired) electrons. The molecule has 0 aliphatic carbocycles. The van der Waals surface area contributed by atoms with Crippen molar-refractivity contribution in [1.29, 1.82) is 0 Å². The predicted octanol–water partition coefficient (Wildman–Crippen LogP) is 2.68. The number of nitrogens with zero attached hydrogens (tertiary/aromatic N) is 2. The van der Waals surface area contributed by atoms with E-state index < -0.39 is 0 Å². The van der Waals surface area contributed by atoms with Gasteiger partial charge in [-0.3, -0.25) is 9.79 Å². The van der Waals surface area contributed by atoms with Gasteiger partial charge in [0.25, 0.3) is 5.91 Å². The topological polar surface area (TPSA) is 62.1 Å². The number of ether oxygens (including phenoxy) is 1. The molecule has 116 valence electrons. The van der Waals surface area contributed by atoms with Crippen LogP contribution >= 0.6 is 0 Å². The third-order valence-electron chi connectivity index (χ3n) is 4.46. The number of phenols is 1. The Kier molecular flexibility index (Phi) is 3.08. The number of fused-ring (bicyclic) bond motifs is 3. The largest absolute Gasteiger partial charge is 0.504 e. The van der Waals surface area contributed by atoms with Gasteiger partial charge in [0.2, 0.25) is 0 Å². The van der Waals surface area contributed by atoms with E-state index in [1.54, 1.807) is 12.3 Å². The highest BCUT2D eigenvalue weighted by atomic mass is 16.5. The first-order valence-corrected chi connectivity index (χ1v) is 7.50. The molecule has 1 N–H and O–H groups in total. The number of phenolic OH excluding ortho intramolecular Hbond substituents is 1. The van der Waals surface area contributed by atoms with Crippen molar-refractivity contribution in [3.05, 3.63) is 53.1 Å². The number of rotatable bonds is 1. The lowest BCUT2D eigenvalue weighted by molar-refractivity contribution is 0.0703. The summed E-state index contributed by atoms with van der Waals surface area (Å²) in [6.07, 6.45) is 2.55. The van der Waals surface area contributed by atoms with E-state index >= 15 is 0 Å². The standard InChI is InChI=1S/C18H16N2O3/c1-23-17-7-14-15(8-16(17)21)19-9-13-6-11-4-2-3-5-12(11)10-20(13)18(14)22/h2-5,7-9,13,21H,6,10H2,1H3. The monoisotopic (exact) mass is 308 g/mol. The zero-order valence-corrected chi connectivity index (χ0v) is 12.7. The zero-order chi connectivity index (χ0) is 16.0. The lowest BCUT2D eigenvalue weighted by atomic mass is 9.94. The average Bonchev–Trinajstić information content (AvgIpc) is 2.70. The minimum absolute atomic E-state index is 0.0145. The first kappa shape index (κ1) is 13.8. The van der Waals surface area contributed by atoms with Gasteiger partial charge in [0, 0.05) is 18.8 Å². The van der Waals surface area contributed by atoms with E-state index in [1.165, 1.54) is 24.3 Å². The maximum Gasteiger partial charge on any atom is 0.257 e. The minimum atomic E-state index is -0.0877. The highest BCUT2D eigenvalue weighted by Gasteiger charge is 2.32. The number of aliphatic imine (C=N–C) groups is 1. The minimum Gasteiger partial charge on any atom is -0.504 e. The van der Waals surface area contributed by atoms with E-state index in [1.807, 2.05) is 17.0 Å². The number of carbonyl (C=O) groups excluding carboxylic acids is 1. The Labute approximate surface area is 133 Å². The summed E-state index contributed by atoms with van der Waals surface area (Å²) in [5, 5.41) is 9.92. The Morgan fingerprint density at radius 2 is 2.04 bits per heavy atom. The normalized spacial score (nSPS) is 18.7. The van der Waals surface area contributed by atoms with Crippen LogP contribution in [0.25, 0.3) is 0 Å². The first-order valence-electron chi connectivity index (χ1n) is 7.50. The third-order valence-corrected chi connectivity index (χ3v) is 4.46. The summed E-state index contributed by atoms with van der Waals surface area (Å²) < 4.78 is 5.12. The lowest BCUT2D eigenvalue weighted by Gasteiger charge is -2.34. The molecule has 0 saturated heterocycles. The Balaban J connectivity index is 1.80. The van der Waals surface area contributed by atoms with Crippen LogP contribution in [-0.2, 0) is 13.0 Å². The number of aromatic hydroxyl groups is 1. The average molecular weight is 308 g/mol. The van der Waals surface area contributed by atoms with E-state index in [2.05, 4.69) is 17.1 Å². The summed E-state index contributed by atoms with van der Waals surface area (Å²) in [5.74, 6) is 0.179. The van der Waals surface area contributed by atoms with E-state index in [0.717, 1.165) is 6.42 Å². The maximum atomic E-state index is 13.0. The molecule has 0 aromatic heterocycles. The summed E-state index contributed by atoms with van der Waals surface area (Å²) in [7, 11) is 1.46. The third kappa shape index (κ3) is 2.16. The maximum absolute atomic E-state index is 13.0. The number of hydrogen-bond donors (Lipinski definition) is 1. The van der Waals surface area contributed by atoms with Gasteiger partial charge in [0.1, 0.15) is 0 Å². The fraction of sp³-hybridized carbons (Fsp3) is 0.222. The molecule has 0 bridgehead atoms. The Morgan fingerprint density at radius 3 is 2.83 bits per heavy atom. The Bertz CT molecular complexity index is 829. The molecule has 5 heteroatoms. The van der Waals surface area contributed by atoms with Gasteiger partial charge in [0.05, 0.1) is 24.4 Å². The molecule has 0 saturated carbocycles. The van der Waals surface area contributed by atoms with Crippen molar-refractivity contribution < 1.29 is 14.6 Å². The van der Waals surface area contributed by atoms with Crippen LogP contribution in [0.4, 0.5) is 5.69 Å². The molecular formula is C18H16N2O3. The summed E-state index contributed by atoms with van der Waals surface area (Å²) in [5.41, 5.74) is 3.35. The highest BCUT2D eigenvalue weighted by Crippen LogP contribution is 2.37. The second-order valence-corrected chi connectivity index (χ2v) is 5.79. The van der Waals surface area contributed by atoms with Gasteiger partial charge in [-0.05, 0) is 23.6 Å². The van der Waals surface area contributed by atoms with Crippen molar-refractivity contribution >= 4 is 17.8 Å². The van der Waals surface area contributed by atoms with E-state index in [4.69, 9.17) is 4.74 Å². The summed E-state index contributed by atoms with van der Waals surface area (Å²) in [4.78, 5) is 19.2. The Hall–Kier alpha value is -2.82. The van der Waals surface area contributed by atoms with Crippen LogP contribution in [0.15, 0.2) is 41.4 Å². The van der Waals surface area contributed by atoms with Gasteiger partial charge >= 0.3 is 0 Å². The van der Waals surface area contributed by atoms with E-state index in [0.29, 0.717) is 17.8 Å². The number of benzene rings is 2. The van der Waals surface area contributed by atoms with Gasteiger partial charge in [0.15, 0.2) is 11.5 Å². The van der Waals surface area contributed by atoms with Crippen molar-refractivity contribution in [2.45, 2.75) is 19.0 Å². The highest BCUT2D eigenvalue weighted by molar-refractivity contribution is 6.03. The SMILES string of the molecule is COc1cc2c(cc1O)N=CC1Cc3ccccc3CN1C2=O. The van der Waals surface area contributed by atoms with Gasteiger partial charge in [-0.15, -0.1) is 0 Å². The Morgan fingerprint density at radius 1 is 1.26 bits per heavy atom. The second-order valence-electron chi connectivity index (χ2n) is 5.79. The molecule has 0 spiro atoms. The lowest BCUT2D eigenvalue weighted by Crippen LogP contribution is -2.44. The van der Waals surface area contributed by atoms with Crippen LogP contribution in [0.3, 0.4) is 0 Å². The number of methoxy groups -OCH3 is 1. The molecule has 2 aromatic rings. The van der Waals surface area contributed by atoms with Crippen LogP contribution in [0.5, 0.6) is 11.5 Å². The number of amides is 1. The molecule has 2 heterocycles. The van der Waals surface area contributed by atoms with Crippen LogP contribution in [0, 0.1) is 0 Å². The van der Waals surface area contributed by atoms with Crippen molar-refractivity contribution in [3.8, 4) is 11.5 Å².